The number of alkyl halides is 3. The molecule has 1 heterocycles. The van der Waals surface area contributed by atoms with E-state index in [9.17, 15) is 18.0 Å². The van der Waals surface area contributed by atoms with E-state index in [4.69, 9.17) is 0 Å². The Morgan fingerprint density at radius 1 is 1.11 bits per heavy atom. The molecule has 1 aliphatic carbocycles. The van der Waals surface area contributed by atoms with E-state index in [0.29, 0.717) is 11.5 Å². The van der Waals surface area contributed by atoms with E-state index < -0.39 is 11.7 Å². The molecule has 7 heteroatoms. The number of carbonyl (C=O) groups excluding carboxylic acids is 1. The van der Waals surface area contributed by atoms with Gasteiger partial charge < -0.3 is 15.5 Å². The quantitative estimate of drug-likeness (QED) is 0.454. The van der Waals surface area contributed by atoms with Gasteiger partial charge in [0.2, 0.25) is 0 Å². The fourth-order valence-corrected chi connectivity index (χ4v) is 5.56. The fraction of sp³-hybridized carbons (Fsp3) is 0.621. The lowest BCUT2D eigenvalue weighted by Crippen LogP contribution is -2.47. The Morgan fingerprint density at radius 3 is 2.39 bits per heavy atom. The van der Waals surface area contributed by atoms with Gasteiger partial charge in [0.1, 0.15) is 0 Å². The van der Waals surface area contributed by atoms with Crippen molar-refractivity contribution in [3.8, 4) is 0 Å². The topological polar surface area (TPSA) is 44.4 Å². The smallest absolute Gasteiger partial charge is 0.322 e. The first-order valence-corrected chi connectivity index (χ1v) is 13.0. The second-order valence-electron chi connectivity index (χ2n) is 12.2. The number of hydrogen-bond acceptors (Lipinski definition) is 3. The summed E-state index contributed by atoms with van der Waals surface area (Å²) in [5.41, 5.74) is 2.14. The summed E-state index contributed by atoms with van der Waals surface area (Å²) in [6.45, 7) is 18.4. The number of carbonyl (C=O) groups is 1. The van der Waals surface area contributed by atoms with Gasteiger partial charge in [-0.05, 0) is 67.2 Å². The van der Waals surface area contributed by atoms with Gasteiger partial charge in [-0.3, -0.25) is 4.79 Å². The molecule has 2 aliphatic rings. The van der Waals surface area contributed by atoms with Crippen molar-refractivity contribution in [2.24, 2.45) is 16.7 Å². The molecule has 0 saturated carbocycles. The summed E-state index contributed by atoms with van der Waals surface area (Å²) in [6.07, 6.45) is 0.338. The fourth-order valence-electron chi connectivity index (χ4n) is 5.56. The van der Waals surface area contributed by atoms with Crippen molar-refractivity contribution in [3.63, 3.8) is 0 Å². The van der Waals surface area contributed by atoms with Crippen LogP contribution in [-0.2, 0) is 11.0 Å². The number of nitrogens with zero attached hydrogens (tertiary/aromatic N) is 1. The molecule has 3 rings (SSSR count). The van der Waals surface area contributed by atoms with E-state index in [2.05, 4.69) is 50.2 Å². The van der Waals surface area contributed by atoms with Crippen LogP contribution >= 0.6 is 0 Å². The number of amides is 1. The monoisotopic (exact) mass is 505 g/mol. The Balaban J connectivity index is 1.83. The minimum absolute atomic E-state index is 0.116. The minimum atomic E-state index is -4.46. The third-order valence-corrected chi connectivity index (χ3v) is 7.29. The Morgan fingerprint density at radius 2 is 1.78 bits per heavy atom. The van der Waals surface area contributed by atoms with Gasteiger partial charge in [0.15, 0.2) is 0 Å². The van der Waals surface area contributed by atoms with Crippen LogP contribution < -0.4 is 10.6 Å². The van der Waals surface area contributed by atoms with E-state index in [-0.39, 0.29) is 22.4 Å². The lowest BCUT2D eigenvalue weighted by Gasteiger charge is -2.39. The zero-order valence-corrected chi connectivity index (χ0v) is 22.6. The van der Waals surface area contributed by atoms with E-state index in [0.717, 1.165) is 69.7 Å². The van der Waals surface area contributed by atoms with Crippen LogP contribution in [0.2, 0.25) is 0 Å². The van der Waals surface area contributed by atoms with Gasteiger partial charge in [-0.15, -0.1) is 0 Å². The van der Waals surface area contributed by atoms with Crippen molar-refractivity contribution in [3.05, 3.63) is 52.6 Å². The van der Waals surface area contributed by atoms with E-state index in [1.165, 1.54) is 17.7 Å². The molecular weight excluding hydrogens is 463 g/mol. The van der Waals surface area contributed by atoms with E-state index >= 15 is 0 Å². The van der Waals surface area contributed by atoms with Crippen molar-refractivity contribution in [1.82, 2.24) is 10.2 Å². The van der Waals surface area contributed by atoms with Gasteiger partial charge in [-0.1, -0.05) is 51.8 Å². The molecular formula is C29H42F3N3O. The minimum Gasteiger partial charge on any atom is -0.322 e. The third kappa shape index (κ3) is 7.69. The van der Waals surface area contributed by atoms with Gasteiger partial charge in [0, 0.05) is 44.0 Å². The summed E-state index contributed by atoms with van der Waals surface area (Å²) in [6, 6.07) is 4.81. The van der Waals surface area contributed by atoms with Crippen LogP contribution in [0.5, 0.6) is 0 Å². The second-order valence-corrected chi connectivity index (χ2v) is 12.2. The van der Waals surface area contributed by atoms with E-state index in [1.807, 2.05) is 13.0 Å². The maximum atomic E-state index is 13.3. The predicted molar refractivity (Wildman–Crippen MR) is 141 cm³/mol. The molecule has 0 bridgehead atoms. The zero-order chi connectivity index (χ0) is 26.7. The Hall–Kier alpha value is -2.12. The summed E-state index contributed by atoms with van der Waals surface area (Å²) in [4.78, 5) is 15.8. The second kappa shape index (κ2) is 11.1. The number of allylic oxidation sites excluding steroid dienone is 2. The number of rotatable bonds is 6. The molecule has 0 aromatic heterocycles. The molecule has 1 saturated heterocycles. The number of halogens is 3. The summed E-state index contributed by atoms with van der Waals surface area (Å²) in [7, 11) is 0. The lowest BCUT2D eigenvalue weighted by molar-refractivity contribution is -0.137. The highest BCUT2D eigenvalue weighted by molar-refractivity contribution is 6.06. The Kier molecular flexibility index (Phi) is 8.77. The summed E-state index contributed by atoms with van der Waals surface area (Å²) >= 11 is 0. The lowest BCUT2D eigenvalue weighted by atomic mass is 9.70. The Labute approximate surface area is 214 Å². The number of anilines is 1. The maximum absolute atomic E-state index is 13.3. The van der Waals surface area contributed by atoms with Crippen molar-refractivity contribution >= 4 is 11.6 Å². The average molecular weight is 506 g/mol. The molecule has 1 aliphatic heterocycles. The largest absolute Gasteiger partial charge is 0.416 e. The number of nitrogens with one attached hydrogen (secondary N) is 2. The first-order chi connectivity index (χ1) is 16.7. The zero-order valence-electron chi connectivity index (χ0n) is 22.6. The van der Waals surface area contributed by atoms with Gasteiger partial charge in [0.25, 0.3) is 5.91 Å². The van der Waals surface area contributed by atoms with Gasteiger partial charge in [-0.25, -0.2) is 0 Å². The summed E-state index contributed by atoms with van der Waals surface area (Å²) in [5.74, 6) is -0.0222. The van der Waals surface area contributed by atoms with Crippen LogP contribution in [0.1, 0.15) is 66.4 Å². The molecule has 36 heavy (non-hydrogen) atoms. The normalized spacial score (nSPS) is 20.7. The first kappa shape index (κ1) is 28.5. The molecule has 1 fully saturated rings. The first-order valence-electron chi connectivity index (χ1n) is 13.0. The third-order valence-electron chi connectivity index (χ3n) is 7.29. The molecule has 1 aromatic rings. The van der Waals surface area contributed by atoms with Crippen LogP contribution in [0.25, 0.3) is 0 Å². The highest BCUT2D eigenvalue weighted by Crippen LogP contribution is 2.44. The van der Waals surface area contributed by atoms with Crippen LogP contribution in [-0.4, -0.2) is 43.5 Å². The molecule has 1 amide bonds. The number of piperazine rings is 1. The van der Waals surface area contributed by atoms with Crippen LogP contribution in [0.3, 0.4) is 0 Å². The highest BCUT2D eigenvalue weighted by atomic mass is 19.4. The van der Waals surface area contributed by atoms with Crippen molar-refractivity contribution < 1.29 is 18.0 Å². The summed E-state index contributed by atoms with van der Waals surface area (Å²) < 4.78 is 39.4. The molecule has 0 radical (unpaired) electrons. The van der Waals surface area contributed by atoms with Crippen LogP contribution in [0.15, 0.2) is 47.1 Å². The van der Waals surface area contributed by atoms with Crippen LogP contribution in [0, 0.1) is 16.7 Å². The molecule has 1 atom stereocenters. The number of benzene rings is 1. The standard InChI is InChI=1S/C29H42F3N3O/c1-20-10-11-21(18-28(5,6)19-35-14-12-33-13-15-35)25(27(2,3)4)17-24(20)26(36)34-23-9-7-8-22(16-23)29(30,31)32/h7-9,16-17,21,33H,10-15,18-19H2,1-6H3,(H,34,36). The molecule has 200 valence electrons. The molecule has 1 aromatic carbocycles. The predicted octanol–water partition coefficient (Wildman–Crippen LogP) is 6.66. The molecule has 1 unspecified atom stereocenters. The highest BCUT2D eigenvalue weighted by Gasteiger charge is 2.34. The Bertz CT molecular complexity index is 996. The molecule has 2 N–H and O–H groups in total. The molecule has 4 nitrogen and oxygen atoms in total. The SMILES string of the molecule is CC1=C(C(=O)Nc2cccc(C(F)(F)F)c2)C=C(C(C)(C)C)C(CC(C)(C)CN2CCNCC2)CC1. The van der Waals surface area contributed by atoms with Gasteiger partial charge in [0.05, 0.1) is 5.56 Å². The van der Waals surface area contributed by atoms with Gasteiger partial charge in [-0.2, -0.15) is 13.2 Å². The number of hydrogen-bond donors (Lipinski definition) is 2. The van der Waals surface area contributed by atoms with Crippen molar-refractivity contribution in [2.45, 2.75) is 67.0 Å². The van der Waals surface area contributed by atoms with Crippen molar-refractivity contribution in [1.29, 1.82) is 0 Å². The van der Waals surface area contributed by atoms with Crippen molar-refractivity contribution in [2.75, 3.05) is 38.0 Å². The average Bonchev–Trinajstić information content (AvgIpc) is 2.92. The molecule has 0 spiro atoms. The van der Waals surface area contributed by atoms with Gasteiger partial charge >= 0.3 is 6.18 Å². The maximum Gasteiger partial charge on any atom is 0.416 e. The van der Waals surface area contributed by atoms with Crippen LogP contribution in [0.4, 0.5) is 18.9 Å². The van der Waals surface area contributed by atoms with E-state index in [1.54, 1.807) is 0 Å². The summed E-state index contributed by atoms with van der Waals surface area (Å²) in [5, 5.41) is 6.13.